The van der Waals surface area contributed by atoms with Gasteiger partial charge in [0.1, 0.15) is 11.7 Å². The van der Waals surface area contributed by atoms with Gasteiger partial charge >= 0.3 is 0 Å². The van der Waals surface area contributed by atoms with Gasteiger partial charge in [0.25, 0.3) is 0 Å². The van der Waals surface area contributed by atoms with E-state index in [4.69, 9.17) is 9.57 Å². The molecule has 0 aliphatic carbocycles. The monoisotopic (exact) mass is 157 g/mol. The lowest BCUT2D eigenvalue weighted by molar-refractivity contribution is -0.144. The standard InChI is InChI=1S/C7H11NO3/c1-4-6(5(2)9)7(10-3)11-8-4/h6-7H,1-3H3. The van der Waals surface area contributed by atoms with Gasteiger partial charge in [-0.05, 0) is 13.8 Å². The Balaban J connectivity index is 2.72. The van der Waals surface area contributed by atoms with Crippen LogP contribution in [0.4, 0.5) is 0 Å². The first-order valence-electron chi connectivity index (χ1n) is 3.40. The van der Waals surface area contributed by atoms with E-state index in [0.717, 1.165) is 0 Å². The van der Waals surface area contributed by atoms with Crippen molar-refractivity contribution in [1.82, 2.24) is 0 Å². The normalized spacial score (nSPS) is 29.5. The maximum Gasteiger partial charge on any atom is 0.241 e. The molecule has 1 aliphatic heterocycles. The molecule has 2 atom stereocenters. The Kier molecular flexibility index (Phi) is 2.24. The molecule has 1 aliphatic rings. The third kappa shape index (κ3) is 1.40. The minimum atomic E-state index is -0.521. The van der Waals surface area contributed by atoms with Crippen LogP contribution in [0.2, 0.25) is 0 Å². The highest BCUT2D eigenvalue weighted by Gasteiger charge is 2.35. The molecule has 0 radical (unpaired) electrons. The molecule has 2 unspecified atom stereocenters. The van der Waals surface area contributed by atoms with Gasteiger partial charge in [-0.25, -0.2) is 0 Å². The summed E-state index contributed by atoms with van der Waals surface area (Å²) in [7, 11) is 1.49. The second-order valence-electron chi connectivity index (χ2n) is 2.53. The Morgan fingerprint density at radius 1 is 1.73 bits per heavy atom. The molecular formula is C7H11NO3. The molecule has 0 saturated heterocycles. The van der Waals surface area contributed by atoms with Gasteiger partial charge in [0, 0.05) is 7.11 Å². The van der Waals surface area contributed by atoms with E-state index in [2.05, 4.69) is 5.16 Å². The van der Waals surface area contributed by atoms with Crippen LogP contribution in [0.1, 0.15) is 13.8 Å². The molecule has 0 amide bonds. The third-order valence-corrected chi connectivity index (χ3v) is 1.69. The number of ether oxygens (including phenoxy) is 1. The van der Waals surface area contributed by atoms with Crippen molar-refractivity contribution in [3.8, 4) is 0 Å². The molecule has 0 fully saturated rings. The number of carbonyl (C=O) groups is 1. The molecule has 0 bridgehead atoms. The van der Waals surface area contributed by atoms with Crippen LogP contribution in [-0.4, -0.2) is 24.9 Å². The van der Waals surface area contributed by atoms with Crippen LogP contribution in [0.5, 0.6) is 0 Å². The summed E-state index contributed by atoms with van der Waals surface area (Å²) in [5.74, 6) is -0.296. The van der Waals surface area contributed by atoms with Gasteiger partial charge in [0.15, 0.2) is 0 Å². The molecule has 0 N–H and O–H groups in total. The van der Waals surface area contributed by atoms with Crippen LogP contribution in [-0.2, 0) is 14.4 Å². The van der Waals surface area contributed by atoms with E-state index in [1.807, 2.05) is 0 Å². The number of hydrogen-bond donors (Lipinski definition) is 0. The van der Waals surface area contributed by atoms with Crippen LogP contribution >= 0.6 is 0 Å². The second-order valence-corrected chi connectivity index (χ2v) is 2.53. The maximum absolute atomic E-state index is 11.0. The van der Waals surface area contributed by atoms with E-state index >= 15 is 0 Å². The molecule has 62 valence electrons. The summed E-state index contributed by atoms with van der Waals surface area (Å²) in [5.41, 5.74) is 0.685. The van der Waals surface area contributed by atoms with E-state index in [0.29, 0.717) is 5.71 Å². The van der Waals surface area contributed by atoms with Crippen LogP contribution < -0.4 is 0 Å². The van der Waals surface area contributed by atoms with Crippen LogP contribution in [0.15, 0.2) is 5.16 Å². The fraction of sp³-hybridized carbons (Fsp3) is 0.714. The van der Waals surface area contributed by atoms with Gasteiger partial charge in [-0.15, -0.1) is 0 Å². The Morgan fingerprint density at radius 3 is 2.73 bits per heavy atom. The van der Waals surface area contributed by atoms with E-state index in [1.165, 1.54) is 14.0 Å². The van der Waals surface area contributed by atoms with Crippen molar-refractivity contribution in [3.05, 3.63) is 0 Å². The number of oxime groups is 1. The fourth-order valence-corrected chi connectivity index (χ4v) is 1.11. The highest BCUT2D eigenvalue weighted by molar-refractivity contribution is 6.04. The van der Waals surface area contributed by atoms with Crippen LogP contribution in [0.25, 0.3) is 0 Å². The minimum absolute atomic E-state index is 0.0237. The molecule has 0 spiro atoms. The van der Waals surface area contributed by atoms with E-state index in [9.17, 15) is 4.79 Å². The average Bonchev–Trinajstić information content (AvgIpc) is 2.30. The number of nitrogens with zero attached hydrogens (tertiary/aromatic N) is 1. The Hall–Kier alpha value is -0.900. The molecule has 0 aromatic carbocycles. The summed E-state index contributed by atoms with van der Waals surface area (Å²) in [6.07, 6.45) is -0.521. The van der Waals surface area contributed by atoms with Gasteiger partial charge in [-0.3, -0.25) is 4.79 Å². The predicted molar refractivity (Wildman–Crippen MR) is 39.2 cm³/mol. The van der Waals surface area contributed by atoms with Crippen LogP contribution in [0, 0.1) is 5.92 Å². The van der Waals surface area contributed by atoms with E-state index in [1.54, 1.807) is 6.92 Å². The van der Waals surface area contributed by atoms with E-state index in [-0.39, 0.29) is 11.7 Å². The van der Waals surface area contributed by atoms with Gasteiger partial charge in [0.2, 0.25) is 6.29 Å². The summed E-state index contributed by atoms with van der Waals surface area (Å²) in [6, 6.07) is 0. The van der Waals surface area contributed by atoms with Crippen molar-refractivity contribution in [3.63, 3.8) is 0 Å². The molecule has 11 heavy (non-hydrogen) atoms. The summed E-state index contributed by atoms with van der Waals surface area (Å²) in [6.45, 7) is 3.26. The largest absolute Gasteiger partial charge is 0.362 e. The molecule has 0 saturated carbocycles. The number of ketones is 1. The first-order valence-corrected chi connectivity index (χ1v) is 3.40. The number of rotatable bonds is 2. The molecule has 4 nitrogen and oxygen atoms in total. The molecule has 0 aromatic rings. The maximum atomic E-state index is 11.0. The molecule has 1 rings (SSSR count). The lowest BCUT2D eigenvalue weighted by Crippen LogP contribution is -2.29. The highest BCUT2D eigenvalue weighted by atomic mass is 16.8. The van der Waals surface area contributed by atoms with Crippen molar-refractivity contribution in [1.29, 1.82) is 0 Å². The number of carbonyl (C=O) groups excluding carboxylic acids is 1. The SMILES string of the molecule is COC1ON=C(C)C1C(C)=O. The predicted octanol–water partition coefficient (Wildman–Crippen LogP) is 0.570. The minimum Gasteiger partial charge on any atom is -0.362 e. The van der Waals surface area contributed by atoms with Crippen molar-refractivity contribution in [2.45, 2.75) is 20.1 Å². The molecular weight excluding hydrogens is 146 g/mol. The van der Waals surface area contributed by atoms with Gasteiger partial charge in [-0.2, -0.15) is 0 Å². The van der Waals surface area contributed by atoms with Crippen molar-refractivity contribution in [2.24, 2.45) is 11.1 Å². The summed E-state index contributed by atoms with van der Waals surface area (Å²) < 4.78 is 4.90. The lowest BCUT2D eigenvalue weighted by atomic mass is 10.0. The highest BCUT2D eigenvalue weighted by Crippen LogP contribution is 2.19. The smallest absolute Gasteiger partial charge is 0.241 e. The van der Waals surface area contributed by atoms with E-state index < -0.39 is 6.29 Å². The number of hydrogen-bond acceptors (Lipinski definition) is 4. The van der Waals surface area contributed by atoms with Gasteiger partial charge in [-0.1, -0.05) is 5.16 Å². The van der Waals surface area contributed by atoms with Crippen molar-refractivity contribution in [2.75, 3.05) is 7.11 Å². The second kappa shape index (κ2) is 3.00. The van der Waals surface area contributed by atoms with Gasteiger partial charge in [0.05, 0.1) is 5.71 Å². The third-order valence-electron chi connectivity index (χ3n) is 1.69. The summed E-state index contributed by atoms with van der Waals surface area (Å²) >= 11 is 0. The number of Topliss-reactive ketones (excluding diaryl/α,β-unsaturated/α-hetero) is 1. The number of methoxy groups -OCH3 is 1. The lowest BCUT2D eigenvalue weighted by Gasteiger charge is -2.12. The first-order chi connectivity index (χ1) is 5.16. The van der Waals surface area contributed by atoms with Gasteiger partial charge < -0.3 is 9.57 Å². The fourth-order valence-electron chi connectivity index (χ4n) is 1.11. The van der Waals surface area contributed by atoms with Crippen molar-refractivity contribution >= 4 is 11.5 Å². The zero-order chi connectivity index (χ0) is 8.43. The van der Waals surface area contributed by atoms with Crippen molar-refractivity contribution < 1.29 is 14.4 Å². The Labute approximate surface area is 65.2 Å². The quantitative estimate of drug-likeness (QED) is 0.588. The first kappa shape index (κ1) is 8.20. The topological polar surface area (TPSA) is 47.9 Å². The molecule has 4 heteroatoms. The van der Waals surface area contributed by atoms with Crippen LogP contribution in [0.3, 0.4) is 0 Å². The summed E-state index contributed by atoms with van der Waals surface area (Å²) in [4.78, 5) is 15.8. The zero-order valence-electron chi connectivity index (χ0n) is 6.83. The molecule has 0 aromatic heterocycles. The summed E-state index contributed by atoms with van der Waals surface area (Å²) in [5, 5.41) is 3.66. The zero-order valence-corrected chi connectivity index (χ0v) is 6.83. The Bertz CT molecular complexity index is 200. The molecule has 1 heterocycles. The Morgan fingerprint density at radius 2 is 2.36 bits per heavy atom. The average molecular weight is 157 g/mol.